The molecule has 0 heterocycles. The van der Waals surface area contributed by atoms with Crippen LogP contribution in [-0.4, -0.2) is 91.6 Å². The number of phenolic OH excluding ortho intramolecular Hbond substituents is 1. The Morgan fingerprint density at radius 1 is 1.16 bits per heavy atom. The number of primary amides is 1. The summed E-state index contributed by atoms with van der Waals surface area (Å²) in [5.74, 6) is -10.4. The highest BCUT2D eigenvalue weighted by molar-refractivity contribution is 6.25. The van der Waals surface area contributed by atoms with Gasteiger partial charge >= 0.3 is 5.97 Å². The highest BCUT2D eigenvalue weighted by Crippen LogP contribution is 2.52. The Hall–Kier alpha value is -3.81. The van der Waals surface area contributed by atoms with Crippen molar-refractivity contribution in [1.82, 2.24) is 4.90 Å². The van der Waals surface area contributed by atoms with Crippen LogP contribution < -0.4 is 11.1 Å². The molecule has 13 heteroatoms. The molecule has 4 rings (SSSR count). The van der Waals surface area contributed by atoms with Gasteiger partial charge in [-0.3, -0.25) is 24.0 Å². The second kappa shape index (κ2) is 9.49. The van der Waals surface area contributed by atoms with Gasteiger partial charge in [-0.05, 0) is 44.5 Å². The molecular formula is C25H29N3O10. The molecule has 1 aromatic rings. The number of hydrogen-bond donors (Lipinski definition) is 7. The molecule has 2 fully saturated rings. The lowest BCUT2D eigenvalue weighted by atomic mass is 9.54. The number of aliphatic hydroxyl groups excluding tert-OH is 2. The number of amides is 2. The van der Waals surface area contributed by atoms with Crippen molar-refractivity contribution in [2.45, 2.75) is 43.4 Å². The summed E-state index contributed by atoms with van der Waals surface area (Å²) >= 11 is 0. The van der Waals surface area contributed by atoms with Crippen molar-refractivity contribution in [3.8, 4) is 5.75 Å². The maximum absolute atomic E-state index is 13.8. The first kappa shape index (κ1) is 27.2. The van der Waals surface area contributed by atoms with Crippen molar-refractivity contribution in [3.05, 3.63) is 28.8 Å². The third-order valence-corrected chi connectivity index (χ3v) is 7.80. The van der Waals surface area contributed by atoms with E-state index in [1.54, 1.807) is 14.1 Å². The minimum atomic E-state index is -2.76. The lowest BCUT2D eigenvalue weighted by molar-refractivity contribution is -0.184. The van der Waals surface area contributed by atoms with Gasteiger partial charge in [-0.2, -0.15) is 0 Å². The first-order valence-electron chi connectivity index (χ1n) is 12.0. The van der Waals surface area contributed by atoms with Gasteiger partial charge in [-0.1, -0.05) is 6.07 Å². The van der Waals surface area contributed by atoms with E-state index >= 15 is 0 Å². The number of rotatable bonds is 6. The standard InChI is InChI=1S/C25H29N3O10/c1-28(2)18-11-8-10-7-9-3-4-12(27-13(29)5-6-14(30)31)19(32)15(9)20(33)16(10)22(35)25(11,38)23(36)17(21(18)34)24(26)37/h3-4,10-11,17-18,21,32-34,38H,5-8H2,1-2H3,(H2,26,37)(H,27,29)(H,30,31)/t10-,11-,17?,18-,21?,25-/m0/s1. The summed E-state index contributed by atoms with van der Waals surface area (Å²) < 4.78 is 0. The maximum atomic E-state index is 13.8. The number of likely N-dealkylation sites (N-methyl/N-ethyl adjacent to an activating group) is 1. The van der Waals surface area contributed by atoms with Crippen LogP contribution in [0.2, 0.25) is 0 Å². The van der Waals surface area contributed by atoms with Crippen LogP contribution in [0, 0.1) is 17.8 Å². The van der Waals surface area contributed by atoms with Crippen molar-refractivity contribution >= 4 is 40.8 Å². The largest absolute Gasteiger partial charge is 0.507 e. The van der Waals surface area contributed by atoms with Crippen molar-refractivity contribution in [2.75, 3.05) is 19.4 Å². The number of aromatic hydroxyl groups is 1. The van der Waals surface area contributed by atoms with E-state index in [0.29, 0.717) is 5.56 Å². The van der Waals surface area contributed by atoms with Gasteiger partial charge < -0.3 is 41.5 Å². The van der Waals surface area contributed by atoms with Gasteiger partial charge in [-0.15, -0.1) is 0 Å². The van der Waals surface area contributed by atoms with E-state index in [9.17, 15) is 44.4 Å². The van der Waals surface area contributed by atoms with E-state index in [-0.39, 0.29) is 36.1 Å². The summed E-state index contributed by atoms with van der Waals surface area (Å²) in [7, 11) is 3.13. The van der Waals surface area contributed by atoms with Crippen molar-refractivity contribution < 1.29 is 49.5 Å². The Morgan fingerprint density at radius 2 is 1.82 bits per heavy atom. The number of carboxylic acids is 1. The molecule has 6 atom stereocenters. The molecule has 3 aliphatic rings. The smallest absolute Gasteiger partial charge is 0.303 e. The molecule has 0 saturated heterocycles. The predicted molar refractivity (Wildman–Crippen MR) is 130 cm³/mol. The number of carboxylic acid groups (broad SMARTS) is 1. The first-order valence-corrected chi connectivity index (χ1v) is 12.0. The number of benzene rings is 1. The van der Waals surface area contributed by atoms with E-state index in [0.717, 1.165) is 0 Å². The van der Waals surface area contributed by atoms with Crippen molar-refractivity contribution in [2.24, 2.45) is 23.5 Å². The van der Waals surface area contributed by atoms with E-state index in [2.05, 4.69) is 5.32 Å². The zero-order valence-electron chi connectivity index (χ0n) is 20.7. The highest BCUT2D eigenvalue weighted by atomic mass is 16.4. The minimum absolute atomic E-state index is 0.00730. The molecule has 2 amide bonds. The van der Waals surface area contributed by atoms with Crippen LogP contribution in [0.3, 0.4) is 0 Å². The van der Waals surface area contributed by atoms with Crippen LogP contribution in [0.25, 0.3) is 5.76 Å². The van der Waals surface area contributed by atoms with Gasteiger partial charge in [0.05, 0.1) is 23.8 Å². The summed E-state index contributed by atoms with van der Waals surface area (Å²) in [5.41, 5.74) is 2.39. The summed E-state index contributed by atoms with van der Waals surface area (Å²) in [4.78, 5) is 63.4. The Morgan fingerprint density at radius 3 is 2.39 bits per heavy atom. The Labute approximate surface area is 216 Å². The zero-order chi connectivity index (χ0) is 28.3. The fourth-order valence-corrected chi connectivity index (χ4v) is 6.11. The number of nitrogens with zero attached hydrogens (tertiary/aromatic N) is 1. The number of carbonyl (C=O) groups excluding carboxylic acids is 4. The van der Waals surface area contributed by atoms with Crippen LogP contribution >= 0.6 is 0 Å². The summed E-state index contributed by atoms with van der Waals surface area (Å²) in [5, 5.41) is 55.6. The zero-order valence-corrected chi connectivity index (χ0v) is 20.7. The number of hydrogen-bond acceptors (Lipinski definition) is 10. The summed E-state index contributed by atoms with van der Waals surface area (Å²) in [6.45, 7) is 0. The monoisotopic (exact) mass is 531 g/mol. The Kier molecular flexibility index (Phi) is 6.80. The molecule has 2 unspecified atom stereocenters. The number of aliphatic carboxylic acids is 1. The number of nitrogens with two attached hydrogens (primary N) is 1. The molecule has 0 bridgehead atoms. The molecule has 0 aromatic heterocycles. The molecule has 3 aliphatic carbocycles. The molecule has 8 N–H and O–H groups in total. The molecule has 204 valence electrons. The fourth-order valence-electron chi connectivity index (χ4n) is 6.11. The number of anilines is 1. The summed E-state index contributed by atoms with van der Waals surface area (Å²) in [6, 6.07) is 1.91. The van der Waals surface area contributed by atoms with Crippen molar-refractivity contribution in [3.63, 3.8) is 0 Å². The molecular weight excluding hydrogens is 502 g/mol. The van der Waals surface area contributed by atoms with Crippen molar-refractivity contribution in [1.29, 1.82) is 0 Å². The Balaban J connectivity index is 1.78. The van der Waals surface area contributed by atoms with Crippen LogP contribution in [0.15, 0.2) is 17.7 Å². The second-order valence-electron chi connectivity index (χ2n) is 10.2. The van der Waals surface area contributed by atoms with E-state index in [1.165, 1.54) is 17.0 Å². The fraction of sp³-hybridized carbons (Fsp3) is 0.480. The minimum Gasteiger partial charge on any atom is -0.507 e. The number of Topliss-reactive ketones (excluding diaryl/α,β-unsaturated/α-hetero) is 2. The number of phenols is 1. The average molecular weight is 532 g/mol. The van der Waals surface area contributed by atoms with Gasteiger partial charge in [0.25, 0.3) is 0 Å². The van der Waals surface area contributed by atoms with Crippen LogP contribution in [0.5, 0.6) is 5.75 Å². The normalized spacial score (nSPS) is 30.4. The summed E-state index contributed by atoms with van der Waals surface area (Å²) in [6.07, 6.45) is -2.26. The van der Waals surface area contributed by atoms with Gasteiger partial charge in [0, 0.05) is 24.0 Å². The van der Waals surface area contributed by atoms with E-state index in [1.807, 2.05) is 0 Å². The molecule has 13 nitrogen and oxygen atoms in total. The second-order valence-corrected chi connectivity index (χ2v) is 10.2. The number of fused-ring (bicyclic) bond motifs is 3. The Bertz CT molecular complexity index is 1290. The number of nitrogens with one attached hydrogen (secondary N) is 1. The molecule has 1 aromatic carbocycles. The molecule has 38 heavy (non-hydrogen) atoms. The van der Waals surface area contributed by atoms with Crippen LogP contribution in [0.4, 0.5) is 5.69 Å². The quantitative estimate of drug-likeness (QED) is 0.173. The number of aliphatic hydroxyl groups is 3. The molecule has 0 spiro atoms. The third-order valence-electron chi connectivity index (χ3n) is 7.80. The SMILES string of the molecule is CN(C)[C@@H]1C(O)C(C(N)=O)C(=O)[C@@]2(O)C(=O)C3=C(O)c4c(ccc(NC(=O)CCC(=O)O)c4O)C[C@H]3C[C@@H]12. The maximum Gasteiger partial charge on any atom is 0.303 e. The molecule has 2 saturated carbocycles. The van der Waals surface area contributed by atoms with E-state index in [4.69, 9.17) is 10.8 Å². The first-order chi connectivity index (χ1) is 17.7. The highest BCUT2D eigenvalue weighted by Gasteiger charge is 2.67. The third kappa shape index (κ3) is 4.03. The lowest BCUT2D eigenvalue weighted by Crippen LogP contribution is -2.73. The average Bonchev–Trinajstić information content (AvgIpc) is 2.81. The van der Waals surface area contributed by atoms with Gasteiger partial charge in [0.1, 0.15) is 17.4 Å². The number of ketones is 2. The van der Waals surface area contributed by atoms with Gasteiger partial charge in [0.15, 0.2) is 11.4 Å². The van der Waals surface area contributed by atoms with Gasteiger partial charge in [0.2, 0.25) is 17.6 Å². The molecule has 0 aliphatic heterocycles. The number of carbonyl (C=O) groups is 5. The van der Waals surface area contributed by atoms with Crippen LogP contribution in [-0.2, 0) is 30.4 Å². The van der Waals surface area contributed by atoms with Crippen LogP contribution in [0.1, 0.15) is 30.4 Å². The van der Waals surface area contributed by atoms with E-state index < -0.39 is 82.8 Å². The predicted octanol–water partition coefficient (Wildman–Crippen LogP) is -1.07. The topological polar surface area (TPSA) is 228 Å². The molecule has 0 radical (unpaired) electrons. The lowest BCUT2D eigenvalue weighted by Gasteiger charge is -2.53. The van der Waals surface area contributed by atoms with Gasteiger partial charge in [-0.25, -0.2) is 0 Å².